The molecule has 2 aliphatic carbocycles. The van der Waals surface area contributed by atoms with Gasteiger partial charge in [-0.15, -0.1) is 11.8 Å². The van der Waals surface area contributed by atoms with Crippen LogP contribution < -0.4 is 0 Å². The Labute approximate surface area is 95.4 Å². The van der Waals surface area contributed by atoms with Gasteiger partial charge in [-0.2, -0.15) is 0 Å². The zero-order valence-corrected chi connectivity index (χ0v) is 9.94. The molecular weight excluding hydrogens is 263 g/mol. The molecule has 0 saturated heterocycles. The normalized spacial score (nSPS) is 44.0. The van der Waals surface area contributed by atoms with Crippen LogP contribution in [-0.4, -0.2) is 9.83 Å². The number of benzene rings is 1. The van der Waals surface area contributed by atoms with Gasteiger partial charge in [0.05, 0.1) is 0 Å². The predicted octanol–water partition coefficient (Wildman–Crippen LogP) is 4.00. The Morgan fingerprint density at radius 2 is 2.00 bits per heavy atom. The highest BCUT2D eigenvalue weighted by Gasteiger charge is 2.81. The fourth-order valence-corrected chi connectivity index (χ4v) is 4.62. The van der Waals surface area contributed by atoms with E-state index in [-0.39, 0.29) is 5.41 Å². The van der Waals surface area contributed by atoms with Gasteiger partial charge in [-0.05, 0) is 34.5 Å². The maximum Gasteiger partial charge on any atom is 0.172 e. The van der Waals surface area contributed by atoms with Crippen LogP contribution in [0.1, 0.15) is 12.8 Å². The summed E-state index contributed by atoms with van der Waals surface area (Å²) in [7, 11) is 0. The highest BCUT2D eigenvalue weighted by Crippen LogP contribution is 2.81. The summed E-state index contributed by atoms with van der Waals surface area (Å²) in [6, 6.07) is 10.2. The number of rotatable bonds is 2. The van der Waals surface area contributed by atoms with Crippen molar-refractivity contribution in [3.05, 3.63) is 30.3 Å². The summed E-state index contributed by atoms with van der Waals surface area (Å²) in [6.07, 6.45) is 1.72. The van der Waals surface area contributed by atoms with Crippen LogP contribution >= 0.6 is 27.7 Å². The van der Waals surface area contributed by atoms with E-state index in [2.05, 4.69) is 28.1 Å². The molecule has 0 aromatic heterocycles. The van der Waals surface area contributed by atoms with Crippen LogP contribution in [0, 0.1) is 5.41 Å². The average molecular weight is 273 g/mol. The van der Waals surface area contributed by atoms with E-state index in [1.165, 1.54) is 4.90 Å². The fraction of sp³-hybridized carbons (Fsp3) is 0.455. The lowest BCUT2D eigenvalue weighted by atomic mass is 10.4. The van der Waals surface area contributed by atoms with Gasteiger partial charge in [0.15, 0.2) is 4.58 Å². The summed E-state index contributed by atoms with van der Waals surface area (Å²) in [6.45, 7) is 0. The number of thioether (sulfide) groups is 1. The molecule has 2 fully saturated rings. The highest BCUT2D eigenvalue weighted by atomic mass is 79.9. The van der Waals surface area contributed by atoms with Gasteiger partial charge < -0.3 is 0 Å². The smallest absolute Gasteiger partial charge is 0.172 e. The van der Waals surface area contributed by atoms with Crippen molar-refractivity contribution in [2.45, 2.75) is 27.6 Å². The van der Waals surface area contributed by atoms with Gasteiger partial charge in [-0.1, -0.05) is 18.2 Å². The summed E-state index contributed by atoms with van der Waals surface area (Å²) in [5.74, 6) is 0. The molecule has 0 amide bonds. The van der Waals surface area contributed by atoms with E-state index >= 15 is 0 Å². The van der Waals surface area contributed by atoms with Gasteiger partial charge >= 0.3 is 0 Å². The van der Waals surface area contributed by atoms with Crippen molar-refractivity contribution in [2.75, 3.05) is 0 Å². The van der Waals surface area contributed by atoms with Crippen molar-refractivity contribution in [1.82, 2.24) is 0 Å². The van der Waals surface area contributed by atoms with E-state index in [0.717, 1.165) is 6.42 Å². The minimum atomic E-state index is -1.05. The second-order valence-corrected chi connectivity index (χ2v) is 6.69. The van der Waals surface area contributed by atoms with E-state index in [0.29, 0.717) is 11.7 Å². The Bertz CT molecular complexity index is 365. The first kappa shape index (κ1) is 9.22. The van der Waals surface area contributed by atoms with Crippen molar-refractivity contribution in [1.29, 1.82) is 0 Å². The summed E-state index contributed by atoms with van der Waals surface area (Å²) in [5.41, 5.74) is -0.0203. The first-order valence-electron chi connectivity index (χ1n) is 4.74. The zero-order valence-electron chi connectivity index (χ0n) is 7.54. The SMILES string of the molecule is FC1(Br)CC12CC2Sc1ccccc1. The summed E-state index contributed by atoms with van der Waals surface area (Å²) in [4.78, 5) is 1.25. The molecule has 0 bridgehead atoms. The van der Waals surface area contributed by atoms with Gasteiger partial charge in [0.1, 0.15) is 0 Å². The molecule has 3 heteroatoms. The molecule has 3 atom stereocenters. The van der Waals surface area contributed by atoms with E-state index in [1.54, 1.807) is 0 Å². The van der Waals surface area contributed by atoms with E-state index in [9.17, 15) is 4.39 Å². The molecule has 0 N–H and O–H groups in total. The Balaban J connectivity index is 1.68. The molecule has 2 aliphatic rings. The molecule has 0 heterocycles. The molecule has 0 aliphatic heterocycles. The van der Waals surface area contributed by atoms with Gasteiger partial charge in [0, 0.05) is 22.0 Å². The monoisotopic (exact) mass is 272 g/mol. The molecule has 0 radical (unpaired) electrons. The van der Waals surface area contributed by atoms with Crippen LogP contribution in [0.2, 0.25) is 0 Å². The molecule has 1 aromatic carbocycles. The average Bonchev–Trinajstić information content (AvgIpc) is 2.94. The first-order valence-corrected chi connectivity index (χ1v) is 6.41. The third-order valence-corrected chi connectivity index (χ3v) is 5.69. The number of hydrogen-bond donors (Lipinski definition) is 0. The Kier molecular flexibility index (Phi) is 1.82. The molecule has 1 aromatic rings. The Morgan fingerprint density at radius 1 is 1.36 bits per heavy atom. The van der Waals surface area contributed by atoms with Gasteiger partial charge in [0.25, 0.3) is 0 Å². The molecule has 14 heavy (non-hydrogen) atoms. The highest BCUT2D eigenvalue weighted by molar-refractivity contribution is 9.10. The Hall–Kier alpha value is -0.0200. The minimum Gasteiger partial charge on any atom is -0.231 e. The zero-order chi connectivity index (χ0) is 9.81. The maximum absolute atomic E-state index is 13.5. The molecule has 74 valence electrons. The second kappa shape index (κ2) is 2.76. The third kappa shape index (κ3) is 1.25. The minimum absolute atomic E-state index is 0.0203. The van der Waals surface area contributed by atoms with Gasteiger partial charge in [0.2, 0.25) is 0 Å². The van der Waals surface area contributed by atoms with Crippen LogP contribution in [0.3, 0.4) is 0 Å². The van der Waals surface area contributed by atoms with Crippen molar-refractivity contribution in [2.24, 2.45) is 5.41 Å². The number of hydrogen-bond acceptors (Lipinski definition) is 1. The van der Waals surface area contributed by atoms with Crippen molar-refractivity contribution in [3.63, 3.8) is 0 Å². The fourth-order valence-electron chi connectivity index (χ4n) is 2.01. The molecule has 3 unspecified atom stereocenters. The Morgan fingerprint density at radius 3 is 2.50 bits per heavy atom. The van der Waals surface area contributed by atoms with E-state index in [4.69, 9.17) is 0 Å². The predicted molar refractivity (Wildman–Crippen MR) is 60.5 cm³/mol. The lowest BCUT2D eigenvalue weighted by molar-refractivity contribution is 0.408. The standard InChI is InChI=1S/C11H10BrFS/c12-11(13)7-10(11)6-9(10)14-8-4-2-1-3-5-8/h1-5,9H,6-7H2. The second-order valence-electron chi connectivity index (χ2n) is 4.16. The van der Waals surface area contributed by atoms with Crippen molar-refractivity contribution >= 4 is 27.7 Å². The van der Waals surface area contributed by atoms with Crippen LogP contribution in [0.4, 0.5) is 4.39 Å². The van der Waals surface area contributed by atoms with E-state index < -0.39 is 4.58 Å². The van der Waals surface area contributed by atoms with Crippen LogP contribution in [-0.2, 0) is 0 Å². The lowest BCUT2D eigenvalue weighted by Gasteiger charge is -1.99. The van der Waals surface area contributed by atoms with Gasteiger partial charge in [-0.3, -0.25) is 0 Å². The number of halogens is 2. The maximum atomic E-state index is 13.5. The van der Waals surface area contributed by atoms with Crippen molar-refractivity contribution < 1.29 is 4.39 Å². The van der Waals surface area contributed by atoms with E-state index in [1.807, 2.05) is 30.0 Å². The van der Waals surface area contributed by atoms with Crippen LogP contribution in [0.25, 0.3) is 0 Å². The third-order valence-electron chi connectivity index (χ3n) is 3.17. The topological polar surface area (TPSA) is 0 Å². The lowest BCUT2D eigenvalue weighted by Crippen LogP contribution is -1.93. The molecule has 2 saturated carbocycles. The quantitative estimate of drug-likeness (QED) is 0.734. The molecule has 1 spiro atoms. The first-order chi connectivity index (χ1) is 6.64. The van der Waals surface area contributed by atoms with Crippen LogP contribution in [0.15, 0.2) is 35.2 Å². The summed E-state index contributed by atoms with van der Waals surface area (Å²) < 4.78 is 12.4. The van der Waals surface area contributed by atoms with Crippen LogP contribution in [0.5, 0.6) is 0 Å². The van der Waals surface area contributed by atoms with Gasteiger partial charge in [-0.25, -0.2) is 4.39 Å². The largest absolute Gasteiger partial charge is 0.231 e. The van der Waals surface area contributed by atoms with Crippen molar-refractivity contribution in [3.8, 4) is 0 Å². The number of alkyl halides is 2. The summed E-state index contributed by atoms with van der Waals surface area (Å²) >= 11 is 4.96. The molecule has 3 rings (SSSR count). The molecule has 0 nitrogen and oxygen atoms in total. The molecular formula is C11H10BrFS. The summed E-state index contributed by atoms with van der Waals surface area (Å²) in [5, 5.41) is 0.481.